The lowest BCUT2D eigenvalue weighted by Crippen LogP contribution is -2.42. The standard InChI is InChI=1S/C21H35NO3/c1-8-10-11-12-21(7,24-9-2)20(23)22-18-13-16(5)19(17(6)14-18)25-15(3)4/h13-15H,8-12H2,1-7H3,(H,22,23)/t21-/m0/s1. The molecule has 0 saturated carbocycles. The second-order valence-corrected chi connectivity index (χ2v) is 7.18. The Balaban J connectivity index is 2.93. The van der Waals surface area contributed by atoms with Crippen molar-refractivity contribution >= 4 is 11.6 Å². The first-order valence-electron chi connectivity index (χ1n) is 9.46. The average molecular weight is 350 g/mol. The summed E-state index contributed by atoms with van der Waals surface area (Å²) in [5.74, 6) is 0.810. The van der Waals surface area contributed by atoms with Crippen LogP contribution in [0.1, 0.15) is 71.4 Å². The van der Waals surface area contributed by atoms with Crippen molar-refractivity contribution in [1.29, 1.82) is 0 Å². The maximum Gasteiger partial charge on any atom is 0.256 e. The fourth-order valence-electron chi connectivity index (χ4n) is 2.99. The molecule has 1 aromatic rings. The van der Waals surface area contributed by atoms with Crippen molar-refractivity contribution < 1.29 is 14.3 Å². The number of nitrogens with one attached hydrogen (secondary N) is 1. The highest BCUT2D eigenvalue weighted by Crippen LogP contribution is 2.29. The molecular formula is C21H35NO3. The molecule has 142 valence electrons. The highest BCUT2D eigenvalue weighted by molar-refractivity contribution is 5.97. The average Bonchev–Trinajstić information content (AvgIpc) is 2.51. The van der Waals surface area contributed by atoms with E-state index in [4.69, 9.17) is 9.47 Å². The Kier molecular flexibility index (Phi) is 8.43. The lowest BCUT2D eigenvalue weighted by atomic mass is 9.96. The maximum atomic E-state index is 12.8. The third-order valence-corrected chi connectivity index (χ3v) is 4.27. The van der Waals surface area contributed by atoms with Crippen molar-refractivity contribution in [3.63, 3.8) is 0 Å². The van der Waals surface area contributed by atoms with Crippen molar-refractivity contribution in [2.75, 3.05) is 11.9 Å². The molecule has 4 heteroatoms. The van der Waals surface area contributed by atoms with Gasteiger partial charge in [-0.25, -0.2) is 0 Å². The van der Waals surface area contributed by atoms with Gasteiger partial charge in [-0.05, 0) is 71.2 Å². The number of anilines is 1. The van der Waals surface area contributed by atoms with E-state index in [1.54, 1.807) is 0 Å². The molecule has 0 spiro atoms. The van der Waals surface area contributed by atoms with Crippen LogP contribution in [0.3, 0.4) is 0 Å². The molecule has 0 aliphatic heterocycles. The second-order valence-electron chi connectivity index (χ2n) is 7.18. The molecule has 0 aliphatic rings. The zero-order valence-electron chi connectivity index (χ0n) is 17.0. The Morgan fingerprint density at radius 3 is 2.24 bits per heavy atom. The summed E-state index contributed by atoms with van der Waals surface area (Å²) < 4.78 is 11.7. The van der Waals surface area contributed by atoms with Gasteiger partial charge >= 0.3 is 0 Å². The van der Waals surface area contributed by atoms with E-state index in [1.807, 2.05) is 53.7 Å². The molecule has 0 fully saturated rings. The minimum Gasteiger partial charge on any atom is -0.490 e. The first kappa shape index (κ1) is 21.5. The molecule has 0 heterocycles. The third-order valence-electron chi connectivity index (χ3n) is 4.27. The van der Waals surface area contributed by atoms with E-state index in [1.165, 1.54) is 0 Å². The predicted octanol–water partition coefficient (Wildman–Crippen LogP) is 5.40. The largest absolute Gasteiger partial charge is 0.490 e. The summed E-state index contributed by atoms with van der Waals surface area (Å²) in [5, 5.41) is 3.04. The highest BCUT2D eigenvalue weighted by Gasteiger charge is 2.33. The van der Waals surface area contributed by atoms with E-state index in [2.05, 4.69) is 12.2 Å². The third kappa shape index (κ3) is 6.35. The number of aryl methyl sites for hydroxylation is 2. The number of hydrogen-bond donors (Lipinski definition) is 1. The number of amides is 1. The van der Waals surface area contributed by atoms with Crippen LogP contribution in [0.15, 0.2) is 12.1 Å². The smallest absolute Gasteiger partial charge is 0.256 e. The van der Waals surface area contributed by atoms with Crippen LogP contribution < -0.4 is 10.1 Å². The molecule has 25 heavy (non-hydrogen) atoms. The molecule has 1 aromatic carbocycles. The first-order chi connectivity index (χ1) is 11.7. The molecule has 0 aliphatic carbocycles. The van der Waals surface area contributed by atoms with E-state index >= 15 is 0 Å². The normalized spacial score (nSPS) is 13.6. The second kappa shape index (κ2) is 9.81. The molecule has 0 radical (unpaired) electrons. The van der Waals surface area contributed by atoms with Gasteiger partial charge in [0.2, 0.25) is 0 Å². The number of carbonyl (C=O) groups is 1. The molecule has 1 rings (SSSR count). The zero-order chi connectivity index (χ0) is 19.0. The highest BCUT2D eigenvalue weighted by atomic mass is 16.5. The number of carbonyl (C=O) groups excluding carboxylic acids is 1. The van der Waals surface area contributed by atoms with Gasteiger partial charge in [0.25, 0.3) is 5.91 Å². The van der Waals surface area contributed by atoms with Crippen LogP contribution in [0.5, 0.6) is 5.75 Å². The summed E-state index contributed by atoms with van der Waals surface area (Å²) >= 11 is 0. The number of rotatable bonds is 10. The summed E-state index contributed by atoms with van der Waals surface area (Å²) in [7, 11) is 0. The fourth-order valence-corrected chi connectivity index (χ4v) is 2.99. The van der Waals surface area contributed by atoms with E-state index in [0.29, 0.717) is 6.61 Å². The van der Waals surface area contributed by atoms with Crippen LogP contribution in [-0.2, 0) is 9.53 Å². The Morgan fingerprint density at radius 2 is 1.76 bits per heavy atom. The topological polar surface area (TPSA) is 47.6 Å². The van der Waals surface area contributed by atoms with Crippen LogP contribution in [0.2, 0.25) is 0 Å². The Hall–Kier alpha value is -1.55. The van der Waals surface area contributed by atoms with Crippen molar-refractivity contribution in [2.24, 2.45) is 0 Å². The van der Waals surface area contributed by atoms with E-state index in [-0.39, 0.29) is 12.0 Å². The van der Waals surface area contributed by atoms with Crippen LogP contribution in [-0.4, -0.2) is 24.2 Å². The zero-order valence-corrected chi connectivity index (χ0v) is 17.0. The monoisotopic (exact) mass is 349 g/mol. The summed E-state index contributed by atoms with van der Waals surface area (Å²) in [5.41, 5.74) is 2.04. The molecular weight excluding hydrogens is 314 g/mol. The van der Waals surface area contributed by atoms with Gasteiger partial charge in [-0.15, -0.1) is 0 Å². The van der Waals surface area contributed by atoms with Gasteiger partial charge in [0.15, 0.2) is 0 Å². The molecule has 0 unspecified atom stereocenters. The molecule has 0 saturated heterocycles. The van der Waals surface area contributed by atoms with Crippen molar-refractivity contribution in [3.05, 3.63) is 23.3 Å². The van der Waals surface area contributed by atoms with Gasteiger partial charge in [0.05, 0.1) is 6.10 Å². The summed E-state index contributed by atoms with van der Waals surface area (Å²) in [6.07, 6.45) is 4.07. The van der Waals surface area contributed by atoms with Gasteiger partial charge in [-0.1, -0.05) is 26.2 Å². The molecule has 1 N–H and O–H groups in total. The Bertz CT molecular complexity index is 545. The maximum absolute atomic E-state index is 12.8. The molecule has 0 aromatic heterocycles. The van der Waals surface area contributed by atoms with E-state index in [0.717, 1.165) is 48.2 Å². The van der Waals surface area contributed by atoms with Gasteiger partial charge in [-0.3, -0.25) is 4.79 Å². The van der Waals surface area contributed by atoms with E-state index in [9.17, 15) is 4.79 Å². The minimum atomic E-state index is -0.793. The van der Waals surface area contributed by atoms with Gasteiger partial charge < -0.3 is 14.8 Å². The Morgan fingerprint density at radius 1 is 1.16 bits per heavy atom. The summed E-state index contributed by atoms with van der Waals surface area (Å²) in [6.45, 7) is 14.5. The first-order valence-corrected chi connectivity index (χ1v) is 9.46. The van der Waals surface area contributed by atoms with Crippen LogP contribution in [0.25, 0.3) is 0 Å². The predicted molar refractivity (Wildman–Crippen MR) is 104 cm³/mol. The lowest BCUT2D eigenvalue weighted by Gasteiger charge is -2.28. The molecule has 1 amide bonds. The Labute approximate surface area is 153 Å². The van der Waals surface area contributed by atoms with Gasteiger partial charge in [0.1, 0.15) is 11.4 Å². The van der Waals surface area contributed by atoms with Crippen molar-refractivity contribution in [1.82, 2.24) is 0 Å². The van der Waals surface area contributed by atoms with Crippen molar-refractivity contribution in [3.8, 4) is 5.75 Å². The van der Waals surface area contributed by atoms with E-state index < -0.39 is 5.60 Å². The van der Waals surface area contributed by atoms with Crippen LogP contribution >= 0.6 is 0 Å². The number of unbranched alkanes of at least 4 members (excludes halogenated alkanes) is 2. The molecule has 1 atom stereocenters. The number of hydrogen-bond acceptors (Lipinski definition) is 3. The van der Waals surface area contributed by atoms with Crippen molar-refractivity contribution in [2.45, 2.75) is 85.9 Å². The minimum absolute atomic E-state index is 0.0817. The summed E-state index contributed by atoms with van der Waals surface area (Å²) in [4.78, 5) is 12.8. The lowest BCUT2D eigenvalue weighted by molar-refractivity contribution is -0.139. The quantitative estimate of drug-likeness (QED) is 0.575. The van der Waals surface area contributed by atoms with Crippen LogP contribution in [0.4, 0.5) is 5.69 Å². The molecule has 4 nitrogen and oxygen atoms in total. The fraction of sp³-hybridized carbons (Fsp3) is 0.667. The molecule has 0 bridgehead atoms. The van der Waals surface area contributed by atoms with Crippen LogP contribution in [0, 0.1) is 13.8 Å². The van der Waals surface area contributed by atoms with Gasteiger partial charge in [-0.2, -0.15) is 0 Å². The summed E-state index contributed by atoms with van der Waals surface area (Å²) in [6, 6.07) is 3.92. The SMILES string of the molecule is CCCCC[C@](C)(OCC)C(=O)Nc1cc(C)c(OC(C)C)c(C)c1. The van der Waals surface area contributed by atoms with Gasteiger partial charge in [0, 0.05) is 12.3 Å². The number of ether oxygens (including phenoxy) is 2. The number of benzene rings is 1.